The van der Waals surface area contributed by atoms with Gasteiger partial charge in [-0.05, 0) is 16.7 Å². The summed E-state index contributed by atoms with van der Waals surface area (Å²) in [6, 6.07) is 14.5. The highest BCUT2D eigenvalue weighted by atomic mass is 32.2. The third kappa shape index (κ3) is 4.08. The zero-order chi connectivity index (χ0) is 14.4. The summed E-state index contributed by atoms with van der Waals surface area (Å²) in [7, 11) is 0. The van der Waals surface area contributed by atoms with Gasteiger partial charge in [-0.25, -0.2) is 0 Å². The molecule has 0 fully saturated rings. The lowest BCUT2D eigenvalue weighted by atomic mass is 10.2. The molecule has 0 aliphatic carbocycles. The van der Waals surface area contributed by atoms with Crippen molar-refractivity contribution in [2.75, 3.05) is 0 Å². The Morgan fingerprint density at radius 3 is 2.30 bits per heavy atom. The van der Waals surface area contributed by atoms with E-state index in [9.17, 15) is 10.1 Å². The molecule has 0 saturated carbocycles. The molecular formula is C15H15NO3S. The lowest BCUT2D eigenvalue weighted by Crippen LogP contribution is -1.90. The minimum absolute atomic E-state index is 0.0567. The van der Waals surface area contributed by atoms with E-state index in [4.69, 9.17) is 5.11 Å². The number of aliphatic hydroxyl groups is 1. The van der Waals surface area contributed by atoms with Crippen LogP contribution in [0.15, 0.2) is 48.5 Å². The van der Waals surface area contributed by atoms with Gasteiger partial charge in [-0.15, -0.1) is 0 Å². The monoisotopic (exact) mass is 289 g/mol. The van der Waals surface area contributed by atoms with Crippen molar-refractivity contribution in [3.05, 3.63) is 75.3 Å². The number of thioether (sulfide) groups is 1. The van der Waals surface area contributed by atoms with Gasteiger partial charge in [0.2, 0.25) is 0 Å². The van der Waals surface area contributed by atoms with E-state index in [-0.39, 0.29) is 17.2 Å². The quantitative estimate of drug-likeness (QED) is 0.653. The highest BCUT2D eigenvalue weighted by Gasteiger charge is 2.05. The molecule has 0 atom stereocenters. The van der Waals surface area contributed by atoms with Crippen molar-refractivity contribution in [1.82, 2.24) is 0 Å². The molecule has 0 heterocycles. The van der Waals surface area contributed by atoms with Crippen molar-refractivity contribution in [3.8, 4) is 0 Å². The summed E-state index contributed by atoms with van der Waals surface area (Å²) >= 11 is 1.71. The number of non-ortho nitro benzene ring substituents is 1. The van der Waals surface area contributed by atoms with Crippen molar-refractivity contribution >= 4 is 17.4 Å². The number of rotatable bonds is 6. The molecule has 0 aromatic heterocycles. The molecule has 2 aromatic rings. The predicted octanol–water partition coefficient (Wildman–Crippen LogP) is 3.52. The summed E-state index contributed by atoms with van der Waals surface area (Å²) in [6.07, 6.45) is 0. The largest absolute Gasteiger partial charge is 0.392 e. The Morgan fingerprint density at radius 2 is 1.65 bits per heavy atom. The molecule has 0 unspecified atom stereocenters. The third-order valence-electron chi connectivity index (χ3n) is 2.86. The Hall–Kier alpha value is -1.85. The van der Waals surface area contributed by atoms with Crippen molar-refractivity contribution in [1.29, 1.82) is 0 Å². The van der Waals surface area contributed by atoms with Crippen molar-refractivity contribution in [2.45, 2.75) is 18.1 Å². The average molecular weight is 289 g/mol. The average Bonchev–Trinajstić information content (AvgIpc) is 2.48. The summed E-state index contributed by atoms with van der Waals surface area (Å²) in [6.45, 7) is 0.0567. The molecule has 0 aliphatic heterocycles. The maximum Gasteiger partial charge on any atom is 0.269 e. The normalized spacial score (nSPS) is 10.4. The van der Waals surface area contributed by atoms with Gasteiger partial charge in [0.15, 0.2) is 0 Å². The molecule has 0 spiro atoms. The van der Waals surface area contributed by atoms with Crippen LogP contribution in [0, 0.1) is 10.1 Å². The van der Waals surface area contributed by atoms with Crippen molar-refractivity contribution < 1.29 is 10.0 Å². The maximum atomic E-state index is 10.7. The SMILES string of the molecule is O=[N+]([O-])c1cccc(CSCc2ccc(CO)cc2)c1. The first kappa shape index (κ1) is 14.6. The molecule has 0 aliphatic rings. The van der Waals surface area contributed by atoms with Crippen LogP contribution in [0.1, 0.15) is 16.7 Å². The van der Waals surface area contributed by atoms with Gasteiger partial charge < -0.3 is 5.11 Å². The zero-order valence-corrected chi connectivity index (χ0v) is 11.7. The lowest BCUT2D eigenvalue weighted by Gasteiger charge is -2.03. The second kappa shape index (κ2) is 7.07. The van der Waals surface area contributed by atoms with Crippen molar-refractivity contribution in [3.63, 3.8) is 0 Å². The Labute approximate surface area is 121 Å². The van der Waals surface area contributed by atoms with Crippen LogP contribution in [-0.2, 0) is 18.1 Å². The molecule has 20 heavy (non-hydrogen) atoms. The maximum absolute atomic E-state index is 10.7. The second-order valence-corrected chi connectivity index (χ2v) is 5.38. The van der Waals surface area contributed by atoms with Crippen LogP contribution in [-0.4, -0.2) is 10.0 Å². The molecule has 2 rings (SSSR count). The van der Waals surface area contributed by atoms with E-state index >= 15 is 0 Å². The molecule has 0 saturated heterocycles. The Bertz CT molecular complexity index is 584. The first-order valence-electron chi connectivity index (χ1n) is 6.19. The first-order valence-corrected chi connectivity index (χ1v) is 7.34. The third-order valence-corrected chi connectivity index (χ3v) is 3.94. The van der Waals surface area contributed by atoms with Gasteiger partial charge in [-0.1, -0.05) is 36.4 Å². The number of hydrogen-bond acceptors (Lipinski definition) is 4. The van der Waals surface area contributed by atoms with E-state index in [1.54, 1.807) is 23.9 Å². The van der Waals surface area contributed by atoms with Crippen LogP contribution in [0.25, 0.3) is 0 Å². The smallest absolute Gasteiger partial charge is 0.269 e. The topological polar surface area (TPSA) is 63.4 Å². The van der Waals surface area contributed by atoms with Gasteiger partial charge in [-0.3, -0.25) is 10.1 Å². The van der Waals surface area contributed by atoms with Gasteiger partial charge in [0, 0.05) is 23.6 Å². The highest BCUT2D eigenvalue weighted by molar-refractivity contribution is 7.97. The van der Waals surface area contributed by atoms with E-state index in [1.807, 2.05) is 30.3 Å². The molecular weight excluding hydrogens is 274 g/mol. The molecule has 0 amide bonds. The van der Waals surface area contributed by atoms with Crippen LogP contribution in [0.3, 0.4) is 0 Å². The Kier molecular flexibility index (Phi) is 5.15. The van der Waals surface area contributed by atoms with E-state index in [0.29, 0.717) is 0 Å². The second-order valence-electron chi connectivity index (χ2n) is 4.39. The molecule has 0 radical (unpaired) electrons. The molecule has 4 nitrogen and oxygen atoms in total. The van der Waals surface area contributed by atoms with E-state index in [1.165, 1.54) is 11.6 Å². The highest BCUT2D eigenvalue weighted by Crippen LogP contribution is 2.21. The van der Waals surface area contributed by atoms with Gasteiger partial charge in [0.1, 0.15) is 0 Å². The number of nitro benzene ring substituents is 1. The predicted molar refractivity (Wildman–Crippen MR) is 80.5 cm³/mol. The number of hydrogen-bond donors (Lipinski definition) is 1. The summed E-state index contributed by atoms with van der Waals surface area (Å²) in [5.41, 5.74) is 3.17. The number of aliphatic hydroxyl groups excluding tert-OH is 1. The number of nitrogens with zero attached hydrogens (tertiary/aromatic N) is 1. The fourth-order valence-corrected chi connectivity index (χ4v) is 2.73. The fraction of sp³-hybridized carbons (Fsp3) is 0.200. The minimum Gasteiger partial charge on any atom is -0.392 e. The van der Waals surface area contributed by atoms with Gasteiger partial charge in [-0.2, -0.15) is 11.8 Å². The summed E-state index contributed by atoms with van der Waals surface area (Å²) in [5.74, 6) is 1.58. The van der Waals surface area contributed by atoms with Crippen LogP contribution in [0.2, 0.25) is 0 Å². The molecule has 0 bridgehead atoms. The van der Waals surface area contributed by atoms with E-state index < -0.39 is 0 Å². The first-order chi connectivity index (χ1) is 9.69. The molecule has 1 N–H and O–H groups in total. The Balaban J connectivity index is 1.88. The van der Waals surface area contributed by atoms with E-state index in [2.05, 4.69) is 0 Å². The molecule has 2 aromatic carbocycles. The number of nitro groups is 1. The van der Waals surface area contributed by atoms with Crippen LogP contribution >= 0.6 is 11.8 Å². The van der Waals surface area contributed by atoms with Crippen molar-refractivity contribution in [2.24, 2.45) is 0 Å². The lowest BCUT2D eigenvalue weighted by molar-refractivity contribution is -0.384. The van der Waals surface area contributed by atoms with Crippen LogP contribution in [0.4, 0.5) is 5.69 Å². The fourth-order valence-electron chi connectivity index (χ4n) is 1.79. The van der Waals surface area contributed by atoms with E-state index in [0.717, 1.165) is 22.6 Å². The minimum atomic E-state index is -0.373. The summed E-state index contributed by atoms with van der Waals surface area (Å²) < 4.78 is 0. The van der Waals surface area contributed by atoms with Gasteiger partial charge in [0.25, 0.3) is 5.69 Å². The summed E-state index contributed by atoms with van der Waals surface area (Å²) in [4.78, 5) is 10.3. The van der Waals surface area contributed by atoms with Crippen LogP contribution < -0.4 is 0 Å². The zero-order valence-electron chi connectivity index (χ0n) is 10.9. The van der Waals surface area contributed by atoms with Gasteiger partial charge >= 0.3 is 0 Å². The summed E-state index contributed by atoms with van der Waals surface area (Å²) in [5, 5.41) is 19.7. The van der Waals surface area contributed by atoms with Crippen LogP contribution in [0.5, 0.6) is 0 Å². The molecule has 104 valence electrons. The number of benzene rings is 2. The molecule has 5 heteroatoms. The Morgan fingerprint density at radius 1 is 1.00 bits per heavy atom. The standard InChI is InChI=1S/C15H15NO3S/c17-9-12-4-6-13(7-5-12)10-20-11-14-2-1-3-15(8-14)16(18)19/h1-8,17H,9-11H2. The van der Waals surface area contributed by atoms with Gasteiger partial charge in [0.05, 0.1) is 11.5 Å².